The summed E-state index contributed by atoms with van der Waals surface area (Å²) < 4.78 is 11.3. The molecule has 0 saturated carbocycles. The van der Waals surface area contributed by atoms with Crippen LogP contribution in [0.1, 0.15) is 36.5 Å². The van der Waals surface area contributed by atoms with E-state index in [9.17, 15) is 4.79 Å². The molecule has 1 saturated heterocycles. The van der Waals surface area contributed by atoms with E-state index in [0.29, 0.717) is 30.1 Å². The van der Waals surface area contributed by atoms with Gasteiger partial charge < -0.3 is 14.4 Å². The molecule has 170 valence electrons. The summed E-state index contributed by atoms with van der Waals surface area (Å²) in [6.07, 6.45) is 2.54. The minimum absolute atomic E-state index is 0.107. The normalized spacial score (nSPS) is 14.6. The lowest BCUT2D eigenvalue weighted by molar-refractivity contribution is 0.0987. The van der Waals surface area contributed by atoms with Crippen molar-refractivity contribution in [1.82, 2.24) is 15.1 Å². The summed E-state index contributed by atoms with van der Waals surface area (Å²) in [6.45, 7) is 7.64. The predicted octanol–water partition coefficient (Wildman–Crippen LogP) is 4.15. The number of rotatable bonds is 10. The molecule has 0 aliphatic carbocycles. The van der Waals surface area contributed by atoms with Crippen LogP contribution in [0.25, 0.3) is 10.9 Å². The van der Waals surface area contributed by atoms with Crippen molar-refractivity contribution in [2.24, 2.45) is 0 Å². The first-order chi connectivity index (χ1) is 15.7. The minimum Gasteiger partial charge on any atom is -0.493 e. The number of hydrogen-bond donors (Lipinski definition) is 1. The largest absolute Gasteiger partial charge is 0.493 e. The van der Waals surface area contributed by atoms with Gasteiger partial charge in [-0.25, -0.2) is 0 Å². The van der Waals surface area contributed by atoms with Crippen LogP contribution in [0.4, 0.5) is 5.82 Å². The van der Waals surface area contributed by atoms with Gasteiger partial charge in [0.05, 0.1) is 19.2 Å². The average Bonchev–Trinajstić information content (AvgIpc) is 3.28. The third kappa shape index (κ3) is 5.05. The number of ether oxygens (including phenoxy) is 2. The number of benzene rings is 2. The standard InChI is InChI=1S/C25H32N4O3/c1-3-22(30)19-10-11-23(24(18-19)31-2)32-17-7-6-12-28-13-15-29(16-14-28)25-20-8-4-5-9-21(20)26-27-25/h4-5,8-11,18H,3,6-7,12-17H2,1-2H3,(H,26,27). The maximum Gasteiger partial charge on any atom is 0.162 e. The first-order valence-electron chi connectivity index (χ1n) is 11.4. The number of unbranched alkanes of at least 4 members (excludes halogenated alkanes) is 1. The van der Waals surface area contributed by atoms with Gasteiger partial charge in [0.25, 0.3) is 0 Å². The molecule has 7 nitrogen and oxygen atoms in total. The van der Waals surface area contributed by atoms with Crippen LogP contribution in [0, 0.1) is 0 Å². The highest BCUT2D eigenvalue weighted by Crippen LogP contribution is 2.29. The van der Waals surface area contributed by atoms with E-state index in [2.05, 4.69) is 38.2 Å². The number of methoxy groups -OCH3 is 1. The Morgan fingerprint density at radius 2 is 1.88 bits per heavy atom. The Balaban J connectivity index is 1.18. The Labute approximate surface area is 189 Å². The molecule has 1 fully saturated rings. The predicted molar refractivity (Wildman–Crippen MR) is 127 cm³/mol. The van der Waals surface area contributed by atoms with Crippen molar-refractivity contribution in [3.63, 3.8) is 0 Å². The quantitative estimate of drug-likeness (QED) is 0.380. The molecular formula is C25H32N4O3. The number of nitrogens with zero attached hydrogens (tertiary/aromatic N) is 3. The smallest absolute Gasteiger partial charge is 0.162 e. The van der Waals surface area contributed by atoms with Gasteiger partial charge in [-0.3, -0.25) is 14.8 Å². The minimum atomic E-state index is 0.107. The van der Waals surface area contributed by atoms with Gasteiger partial charge in [0, 0.05) is 43.5 Å². The lowest BCUT2D eigenvalue weighted by atomic mass is 10.1. The molecule has 1 aliphatic rings. The van der Waals surface area contributed by atoms with E-state index in [-0.39, 0.29) is 5.78 Å². The third-order valence-corrected chi connectivity index (χ3v) is 6.06. The van der Waals surface area contributed by atoms with E-state index in [1.807, 2.05) is 25.1 Å². The molecule has 1 aliphatic heterocycles. The Morgan fingerprint density at radius 1 is 1.06 bits per heavy atom. The second-order valence-electron chi connectivity index (χ2n) is 8.12. The molecule has 3 aromatic rings. The Kier molecular flexibility index (Phi) is 7.27. The zero-order valence-electron chi connectivity index (χ0n) is 19.0. The van der Waals surface area contributed by atoms with Crippen LogP contribution in [-0.2, 0) is 0 Å². The highest BCUT2D eigenvalue weighted by molar-refractivity contribution is 5.96. The maximum atomic E-state index is 11.9. The summed E-state index contributed by atoms with van der Waals surface area (Å²) in [7, 11) is 1.61. The zero-order chi connectivity index (χ0) is 22.3. The van der Waals surface area contributed by atoms with E-state index in [4.69, 9.17) is 9.47 Å². The van der Waals surface area contributed by atoms with Gasteiger partial charge in [0.2, 0.25) is 0 Å². The fourth-order valence-corrected chi connectivity index (χ4v) is 4.16. The summed E-state index contributed by atoms with van der Waals surface area (Å²) >= 11 is 0. The number of carbonyl (C=O) groups excluding carboxylic acids is 1. The number of para-hydroxylation sites is 1. The van der Waals surface area contributed by atoms with Crippen molar-refractivity contribution < 1.29 is 14.3 Å². The number of carbonyl (C=O) groups is 1. The molecule has 4 rings (SSSR count). The number of aromatic amines is 1. The van der Waals surface area contributed by atoms with Crippen LogP contribution in [0.3, 0.4) is 0 Å². The lowest BCUT2D eigenvalue weighted by Crippen LogP contribution is -2.46. The summed E-state index contributed by atoms with van der Waals surface area (Å²) in [6, 6.07) is 13.7. The molecule has 0 amide bonds. The molecule has 0 radical (unpaired) electrons. The third-order valence-electron chi connectivity index (χ3n) is 6.06. The van der Waals surface area contributed by atoms with Gasteiger partial charge >= 0.3 is 0 Å². The Hall–Kier alpha value is -3.06. The van der Waals surface area contributed by atoms with Crippen LogP contribution in [0.5, 0.6) is 11.5 Å². The Morgan fingerprint density at radius 3 is 2.66 bits per heavy atom. The number of piperazine rings is 1. The molecule has 2 aromatic carbocycles. The van der Waals surface area contributed by atoms with E-state index < -0.39 is 0 Å². The summed E-state index contributed by atoms with van der Waals surface area (Å²) in [5.41, 5.74) is 1.76. The molecule has 0 bridgehead atoms. The molecule has 0 unspecified atom stereocenters. The average molecular weight is 437 g/mol. The van der Waals surface area contributed by atoms with Crippen molar-refractivity contribution in [3.05, 3.63) is 48.0 Å². The number of ketones is 1. The number of anilines is 1. The number of nitrogens with one attached hydrogen (secondary N) is 1. The SMILES string of the molecule is CCC(=O)c1ccc(OCCCCN2CCN(c3n[nH]c4ccccc34)CC2)c(OC)c1. The monoisotopic (exact) mass is 436 g/mol. The molecule has 2 heterocycles. The van der Waals surface area contributed by atoms with E-state index in [1.165, 1.54) is 5.39 Å². The van der Waals surface area contributed by atoms with E-state index >= 15 is 0 Å². The lowest BCUT2D eigenvalue weighted by Gasteiger charge is -2.35. The van der Waals surface area contributed by atoms with Gasteiger partial charge in [-0.15, -0.1) is 0 Å². The molecule has 7 heteroatoms. The topological polar surface area (TPSA) is 70.7 Å². The van der Waals surface area contributed by atoms with Gasteiger partial charge in [0.15, 0.2) is 23.1 Å². The van der Waals surface area contributed by atoms with Crippen LogP contribution in [-0.4, -0.2) is 67.3 Å². The maximum absolute atomic E-state index is 11.9. The van der Waals surface area contributed by atoms with Gasteiger partial charge in [-0.1, -0.05) is 19.1 Å². The number of H-pyrrole nitrogens is 1. The molecule has 1 aromatic heterocycles. The van der Waals surface area contributed by atoms with Crippen molar-refractivity contribution in [2.45, 2.75) is 26.2 Å². The number of hydrogen-bond acceptors (Lipinski definition) is 6. The molecule has 0 spiro atoms. The van der Waals surface area contributed by atoms with E-state index in [0.717, 1.165) is 56.9 Å². The van der Waals surface area contributed by atoms with Crippen molar-refractivity contribution in [1.29, 1.82) is 0 Å². The first kappa shape index (κ1) is 22.1. The van der Waals surface area contributed by atoms with Crippen LogP contribution in [0.2, 0.25) is 0 Å². The number of fused-ring (bicyclic) bond motifs is 1. The van der Waals surface area contributed by atoms with Gasteiger partial charge in [0.1, 0.15) is 0 Å². The fourth-order valence-electron chi connectivity index (χ4n) is 4.16. The fraction of sp³-hybridized carbons (Fsp3) is 0.440. The molecule has 0 atom stereocenters. The second kappa shape index (κ2) is 10.5. The van der Waals surface area contributed by atoms with Crippen LogP contribution in [0.15, 0.2) is 42.5 Å². The van der Waals surface area contributed by atoms with Crippen molar-refractivity contribution in [2.75, 3.05) is 51.3 Å². The van der Waals surface area contributed by atoms with E-state index in [1.54, 1.807) is 13.2 Å². The van der Waals surface area contributed by atoms with Crippen LogP contribution < -0.4 is 14.4 Å². The van der Waals surface area contributed by atoms with Gasteiger partial charge in [-0.05, 0) is 49.7 Å². The highest BCUT2D eigenvalue weighted by Gasteiger charge is 2.20. The zero-order valence-corrected chi connectivity index (χ0v) is 19.0. The van der Waals surface area contributed by atoms with Gasteiger partial charge in [-0.2, -0.15) is 5.10 Å². The summed E-state index contributed by atoms with van der Waals surface area (Å²) in [4.78, 5) is 16.8. The summed E-state index contributed by atoms with van der Waals surface area (Å²) in [5, 5.41) is 8.86. The highest BCUT2D eigenvalue weighted by atomic mass is 16.5. The molecule has 32 heavy (non-hydrogen) atoms. The van der Waals surface area contributed by atoms with Crippen LogP contribution >= 0.6 is 0 Å². The number of aromatic nitrogens is 2. The number of Topliss-reactive ketones (excluding diaryl/α,β-unsaturated/α-hetero) is 1. The first-order valence-corrected chi connectivity index (χ1v) is 11.4. The molecule has 1 N–H and O–H groups in total. The second-order valence-corrected chi connectivity index (χ2v) is 8.12. The molecular weight excluding hydrogens is 404 g/mol. The van der Waals surface area contributed by atoms with Crippen molar-refractivity contribution >= 4 is 22.5 Å². The summed E-state index contributed by atoms with van der Waals surface area (Å²) in [5.74, 6) is 2.48. The van der Waals surface area contributed by atoms with Crippen molar-refractivity contribution in [3.8, 4) is 11.5 Å². The Bertz CT molecular complexity index is 1040.